The van der Waals surface area contributed by atoms with E-state index in [1.807, 2.05) is 26.0 Å². The molecule has 1 aliphatic heterocycles. The van der Waals surface area contributed by atoms with E-state index in [2.05, 4.69) is 20.6 Å². The summed E-state index contributed by atoms with van der Waals surface area (Å²) in [5, 5.41) is 11.3. The second-order valence-electron chi connectivity index (χ2n) is 7.31. The Bertz CT molecular complexity index is 914. The van der Waals surface area contributed by atoms with Crippen LogP contribution in [0.4, 0.5) is 10.6 Å². The van der Waals surface area contributed by atoms with Crippen molar-refractivity contribution in [2.24, 2.45) is 0 Å². The third kappa shape index (κ3) is 3.92. The molecule has 0 saturated carbocycles. The summed E-state index contributed by atoms with van der Waals surface area (Å²) in [5.74, 6) is 3.00. The maximum absolute atomic E-state index is 12.8. The summed E-state index contributed by atoms with van der Waals surface area (Å²) in [6.07, 6.45) is 5.10. The number of amides is 2. The first-order chi connectivity index (χ1) is 13.6. The molecule has 9 heteroatoms. The Morgan fingerprint density at radius 3 is 3.04 bits per heavy atom. The van der Waals surface area contributed by atoms with Crippen LogP contribution in [0.5, 0.6) is 0 Å². The van der Waals surface area contributed by atoms with Crippen molar-refractivity contribution in [3.05, 3.63) is 48.1 Å². The van der Waals surface area contributed by atoms with Crippen LogP contribution in [-0.2, 0) is 6.54 Å². The minimum Gasteiger partial charge on any atom is -0.467 e. The maximum atomic E-state index is 12.8. The predicted octanol–water partition coefficient (Wildman–Crippen LogP) is 3.44. The van der Waals surface area contributed by atoms with E-state index in [0.717, 1.165) is 18.6 Å². The SMILES string of the molecule is CC(C)c1noc([C@H]2CCCN(C(=O)Nc3ccnn3Cc3ccco3)C2)n1. The summed E-state index contributed by atoms with van der Waals surface area (Å²) in [4.78, 5) is 19.1. The van der Waals surface area contributed by atoms with Crippen LogP contribution in [0.1, 0.15) is 56.0 Å². The van der Waals surface area contributed by atoms with Crippen LogP contribution in [0.3, 0.4) is 0 Å². The fourth-order valence-electron chi connectivity index (χ4n) is 3.31. The molecule has 0 aliphatic carbocycles. The van der Waals surface area contributed by atoms with Crippen LogP contribution in [0.2, 0.25) is 0 Å². The summed E-state index contributed by atoms with van der Waals surface area (Å²) >= 11 is 0. The number of nitrogens with zero attached hydrogens (tertiary/aromatic N) is 5. The largest absolute Gasteiger partial charge is 0.467 e. The Kier molecular flexibility index (Phi) is 5.14. The monoisotopic (exact) mass is 384 g/mol. The lowest BCUT2D eigenvalue weighted by Crippen LogP contribution is -2.42. The van der Waals surface area contributed by atoms with Gasteiger partial charge in [-0.25, -0.2) is 9.48 Å². The third-order valence-electron chi connectivity index (χ3n) is 4.87. The van der Waals surface area contributed by atoms with E-state index in [-0.39, 0.29) is 17.9 Å². The number of hydrogen-bond donors (Lipinski definition) is 1. The molecule has 1 atom stereocenters. The van der Waals surface area contributed by atoms with Crippen molar-refractivity contribution in [1.29, 1.82) is 0 Å². The lowest BCUT2D eigenvalue weighted by Gasteiger charge is -2.31. The van der Waals surface area contributed by atoms with Crippen molar-refractivity contribution < 1.29 is 13.7 Å². The first-order valence-electron chi connectivity index (χ1n) is 9.54. The summed E-state index contributed by atoms with van der Waals surface area (Å²) in [5.41, 5.74) is 0. The van der Waals surface area contributed by atoms with Crippen LogP contribution < -0.4 is 5.32 Å². The Morgan fingerprint density at radius 2 is 2.29 bits per heavy atom. The van der Waals surface area contributed by atoms with Gasteiger partial charge in [0.1, 0.15) is 18.1 Å². The molecular formula is C19H24N6O3. The number of carbonyl (C=O) groups excluding carboxylic acids is 1. The summed E-state index contributed by atoms with van der Waals surface area (Å²) in [7, 11) is 0. The van der Waals surface area contributed by atoms with Crippen molar-refractivity contribution in [2.75, 3.05) is 18.4 Å². The predicted molar refractivity (Wildman–Crippen MR) is 101 cm³/mol. The topological polar surface area (TPSA) is 102 Å². The zero-order valence-electron chi connectivity index (χ0n) is 16.0. The van der Waals surface area contributed by atoms with Crippen molar-refractivity contribution in [1.82, 2.24) is 24.8 Å². The zero-order chi connectivity index (χ0) is 19.5. The average molecular weight is 384 g/mol. The van der Waals surface area contributed by atoms with E-state index in [0.29, 0.717) is 37.2 Å². The summed E-state index contributed by atoms with van der Waals surface area (Å²) in [6.45, 7) is 5.76. The number of nitrogens with one attached hydrogen (secondary N) is 1. The lowest BCUT2D eigenvalue weighted by molar-refractivity contribution is 0.184. The van der Waals surface area contributed by atoms with Gasteiger partial charge in [-0.15, -0.1) is 0 Å². The number of carbonyl (C=O) groups is 1. The molecule has 0 bridgehead atoms. The summed E-state index contributed by atoms with van der Waals surface area (Å²) in [6, 6.07) is 5.32. The third-order valence-corrected chi connectivity index (χ3v) is 4.87. The highest BCUT2D eigenvalue weighted by atomic mass is 16.5. The van der Waals surface area contributed by atoms with Gasteiger partial charge in [0.2, 0.25) is 5.89 Å². The second kappa shape index (κ2) is 7.87. The number of piperidine rings is 1. The number of anilines is 1. The van der Waals surface area contributed by atoms with Gasteiger partial charge >= 0.3 is 6.03 Å². The van der Waals surface area contributed by atoms with E-state index in [1.165, 1.54) is 0 Å². The number of rotatable bonds is 5. The molecule has 0 unspecified atom stereocenters. The standard InChI is InChI=1S/C19H24N6O3/c1-13(2)17-22-18(28-23-17)14-5-3-9-24(11-14)19(26)21-16-7-8-20-25(16)12-15-6-4-10-27-15/h4,6-8,10,13-14H,3,5,9,11-12H2,1-2H3,(H,21,26)/t14-/m0/s1. The fraction of sp³-hybridized carbons (Fsp3) is 0.474. The molecule has 148 valence electrons. The zero-order valence-corrected chi connectivity index (χ0v) is 16.0. The van der Waals surface area contributed by atoms with Crippen molar-refractivity contribution >= 4 is 11.8 Å². The van der Waals surface area contributed by atoms with Crippen LogP contribution in [0, 0.1) is 0 Å². The first-order valence-corrected chi connectivity index (χ1v) is 9.54. The normalized spacial score (nSPS) is 17.2. The van der Waals surface area contributed by atoms with Gasteiger partial charge in [0.05, 0.1) is 18.4 Å². The molecule has 4 rings (SSSR count). The van der Waals surface area contributed by atoms with Gasteiger partial charge < -0.3 is 13.8 Å². The van der Waals surface area contributed by atoms with Gasteiger partial charge in [-0.05, 0) is 25.0 Å². The molecule has 1 fully saturated rings. The molecule has 0 aromatic carbocycles. The molecule has 1 aliphatic rings. The van der Waals surface area contributed by atoms with E-state index < -0.39 is 0 Å². The molecule has 3 aromatic heterocycles. The van der Waals surface area contributed by atoms with Gasteiger partial charge in [-0.3, -0.25) is 5.32 Å². The van der Waals surface area contributed by atoms with Gasteiger partial charge in [-0.2, -0.15) is 10.1 Å². The summed E-state index contributed by atoms with van der Waals surface area (Å²) < 4.78 is 12.5. The molecule has 1 N–H and O–H groups in total. The number of aromatic nitrogens is 4. The van der Waals surface area contributed by atoms with Crippen molar-refractivity contribution in [2.45, 2.75) is 45.1 Å². The number of likely N-dealkylation sites (tertiary alicyclic amines) is 1. The molecule has 28 heavy (non-hydrogen) atoms. The molecule has 3 aromatic rings. The number of hydrogen-bond acceptors (Lipinski definition) is 6. The average Bonchev–Trinajstić information content (AvgIpc) is 3.45. The molecule has 1 saturated heterocycles. The van der Waals surface area contributed by atoms with Crippen LogP contribution in [0.15, 0.2) is 39.6 Å². The number of furan rings is 1. The highest BCUT2D eigenvalue weighted by Crippen LogP contribution is 2.27. The van der Waals surface area contributed by atoms with E-state index in [1.54, 1.807) is 28.1 Å². The fourth-order valence-corrected chi connectivity index (χ4v) is 3.31. The van der Waals surface area contributed by atoms with Crippen LogP contribution in [-0.4, -0.2) is 43.9 Å². The van der Waals surface area contributed by atoms with E-state index in [4.69, 9.17) is 8.94 Å². The van der Waals surface area contributed by atoms with E-state index in [9.17, 15) is 4.79 Å². The highest BCUT2D eigenvalue weighted by molar-refractivity contribution is 5.88. The Morgan fingerprint density at radius 1 is 1.39 bits per heavy atom. The van der Waals surface area contributed by atoms with Gasteiger partial charge in [0.25, 0.3) is 0 Å². The van der Waals surface area contributed by atoms with Gasteiger partial charge in [-0.1, -0.05) is 19.0 Å². The number of urea groups is 1. The Labute approximate surface area is 162 Å². The Hall–Kier alpha value is -3.10. The van der Waals surface area contributed by atoms with Crippen molar-refractivity contribution in [3.63, 3.8) is 0 Å². The molecule has 9 nitrogen and oxygen atoms in total. The molecule has 0 radical (unpaired) electrons. The van der Waals surface area contributed by atoms with E-state index >= 15 is 0 Å². The molecule has 0 spiro atoms. The Balaban J connectivity index is 1.40. The van der Waals surface area contributed by atoms with Gasteiger partial charge in [0, 0.05) is 25.1 Å². The first kappa shape index (κ1) is 18.3. The highest BCUT2D eigenvalue weighted by Gasteiger charge is 2.29. The van der Waals surface area contributed by atoms with Crippen molar-refractivity contribution in [3.8, 4) is 0 Å². The maximum Gasteiger partial charge on any atom is 0.323 e. The smallest absolute Gasteiger partial charge is 0.323 e. The lowest BCUT2D eigenvalue weighted by atomic mass is 9.98. The molecular weight excluding hydrogens is 360 g/mol. The van der Waals surface area contributed by atoms with Crippen LogP contribution >= 0.6 is 0 Å². The van der Waals surface area contributed by atoms with Gasteiger partial charge in [0.15, 0.2) is 5.82 Å². The van der Waals surface area contributed by atoms with Crippen LogP contribution in [0.25, 0.3) is 0 Å². The molecule has 2 amide bonds. The minimum absolute atomic E-state index is 0.0625. The second-order valence-corrected chi connectivity index (χ2v) is 7.31. The molecule has 4 heterocycles. The quantitative estimate of drug-likeness (QED) is 0.723. The minimum atomic E-state index is -0.158.